The predicted molar refractivity (Wildman–Crippen MR) is 152 cm³/mol. The summed E-state index contributed by atoms with van der Waals surface area (Å²) >= 11 is 0. The quantitative estimate of drug-likeness (QED) is 0.0881. The van der Waals surface area contributed by atoms with E-state index in [1.165, 1.54) is 23.2 Å². The van der Waals surface area contributed by atoms with Crippen LogP contribution in [0.5, 0.6) is 0 Å². The highest BCUT2D eigenvalue weighted by Gasteiger charge is 2.28. The van der Waals surface area contributed by atoms with Crippen LogP contribution in [0.25, 0.3) is 0 Å². The summed E-state index contributed by atoms with van der Waals surface area (Å²) in [5.74, 6) is -3.09. The molecule has 0 saturated heterocycles. The normalized spacial score (nSPS) is 10.4. The summed E-state index contributed by atoms with van der Waals surface area (Å²) in [6, 6.07) is 6.39. The number of benzene rings is 1. The molecule has 0 aliphatic rings. The number of hydrogen-bond acceptors (Lipinski definition) is 11. The molecule has 2 heterocycles. The number of aromatic nitrogens is 2. The Labute approximate surface area is 245 Å². The number of esters is 1. The molecule has 16 heteroatoms. The van der Waals surface area contributed by atoms with Crippen LogP contribution < -0.4 is 16.1 Å². The Kier molecular flexibility index (Phi) is 10.6. The number of carbonyl (C=O) groups is 5. The van der Waals surface area contributed by atoms with Crippen LogP contribution >= 0.6 is 0 Å². The number of aryl methyl sites for hydroxylation is 1. The minimum atomic E-state index is -1.18. The largest absolute Gasteiger partial charge is 0.481 e. The summed E-state index contributed by atoms with van der Waals surface area (Å²) in [5.41, 5.74) is 5.10. The van der Waals surface area contributed by atoms with Gasteiger partial charge in [0.05, 0.1) is 18.4 Å². The van der Waals surface area contributed by atoms with Crippen molar-refractivity contribution in [1.29, 1.82) is 5.41 Å². The van der Waals surface area contributed by atoms with Crippen molar-refractivity contribution >= 4 is 47.2 Å². The van der Waals surface area contributed by atoms with Crippen molar-refractivity contribution in [3.05, 3.63) is 64.7 Å². The smallest absolute Gasteiger partial charge is 0.419 e. The van der Waals surface area contributed by atoms with Crippen LogP contribution in [-0.4, -0.2) is 75.9 Å². The van der Waals surface area contributed by atoms with E-state index in [0.717, 1.165) is 10.5 Å². The minimum Gasteiger partial charge on any atom is -0.481 e. The Balaban J connectivity index is 1.75. The van der Waals surface area contributed by atoms with Gasteiger partial charge < -0.3 is 35.2 Å². The van der Waals surface area contributed by atoms with Gasteiger partial charge in [-0.05, 0) is 44.0 Å². The van der Waals surface area contributed by atoms with Gasteiger partial charge in [0.1, 0.15) is 17.8 Å². The van der Waals surface area contributed by atoms with Crippen molar-refractivity contribution in [2.75, 3.05) is 36.4 Å². The molecule has 43 heavy (non-hydrogen) atoms. The number of aliphatic carboxylic acids is 1. The second-order valence-corrected chi connectivity index (χ2v) is 8.97. The molecule has 0 atom stereocenters. The van der Waals surface area contributed by atoms with E-state index < -0.39 is 49.5 Å². The number of rotatable bonds is 12. The van der Waals surface area contributed by atoms with Crippen LogP contribution in [0.1, 0.15) is 57.3 Å². The van der Waals surface area contributed by atoms with E-state index in [4.69, 9.17) is 19.8 Å². The van der Waals surface area contributed by atoms with E-state index in [-0.39, 0.29) is 29.5 Å². The minimum absolute atomic E-state index is 0.0811. The number of carboxylic acid groups (broad SMARTS) is 1. The fraction of sp³-hybridized carbons (Fsp3) is 0.296. The van der Waals surface area contributed by atoms with Gasteiger partial charge in [0.25, 0.3) is 11.8 Å². The summed E-state index contributed by atoms with van der Waals surface area (Å²) < 4.78 is 15.7. The monoisotopic (exact) mass is 597 g/mol. The molecule has 2 aromatic heterocycles. The second-order valence-electron chi connectivity index (χ2n) is 8.97. The van der Waals surface area contributed by atoms with Gasteiger partial charge in [0, 0.05) is 37.1 Å². The molecule has 16 nitrogen and oxygen atoms in total. The Morgan fingerprint density at radius 1 is 1.09 bits per heavy atom. The molecule has 0 aliphatic carbocycles. The van der Waals surface area contributed by atoms with Gasteiger partial charge in [-0.3, -0.25) is 29.3 Å². The molecule has 3 rings (SSSR count). The maximum absolute atomic E-state index is 13.3. The Morgan fingerprint density at radius 3 is 2.47 bits per heavy atom. The molecule has 3 amide bonds. The lowest BCUT2D eigenvalue weighted by Gasteiger charge is -2.18. The Morgan fingerprint density at radius 2 is 1.84 bits per heavy atom. The van der Waals surface area contributed by atoms with Gasteiger partial charge in [-0.2, -0.15) is 0 Å². The van der Waals surface area contributed by atoms with Gasteiger partial charge >= 0.3 is 18.0 Å². The predicted octanol–water partition coefficient (Wildman–Crippen LogP) is 2.92. The topological polar surface area (TPSA) is 218 Å². The van der Waals surface area contributed by atoms with Crippen molar-refractivity contribution in [3.63, 3.8) is 0 Å². The summed E-state index contributed by atoms with van der Waals surface area (Å²) in [7, 11) is 1.58. The van der Waals surface area contributed by atoms with E-state index in [9.17, 15) is 24.0 Å². The highest BCUT2D eigenvalue weighted by Crippen LogP contribution is 2.23. The second kappa shape index (κ2) is 14.3. The number of carboxylic acids is 1. The van der Waals surface area contributed by atoms with Crippen LogP contribution in [0.3, 0.4) is 0 Å². The molecule has 0 radical (unpaired) electrons. The molecule has 5 N–H and O–H groups in total. The number of carbonyl (C=O) groups excluding carboxylic acids is 4. The molecule has 0 fully saturated rings. The Hall–Kier alpha value is -5.67. The van der Waals surface area contributed by atoms with Gasteiger partial charge in [-0.1, -0.05) is 11.2 Å². The van der Waals surface area contributed by atoms with Gasteiger partial charge in [0.2, 0.25) is 6.79 Å². The highest BCUT2D eigenvalue weighted by atomic mass is 16.7. The molecule has 0 unspecified atom stereocenters. The maximum Gasteiger partial charge on any atom is 0.419 e. The van der Waals surface area contributed by atoms with E-state index in [2.05, 4.69) is 26.0 Å². The number of hydrogen-bond donors (Lipinski definition) is 5. The first-order valence-corrected chi connectivity index (χ1v) is 12.9. The zero-order valence-electron chi connectivity index (χ0n) is 23.8. The summed E-state index contributed by atoms with van der Waals surface area (Å²) in [4.78, 5) is 61.5. The molecule has 228 valence electrons. The lowest BCUT2D eigenvalue weighted by molar-refractivity contribution is -0.154. The van der Waals surface area contributed by atoms with E-state index in [1.807, 2.05) is 0 Å². The molecular weight excluding hydrogens is 566 g/mol. The first kappa shape index (κ1) is 31.9. The number of anilines is 2. The molecule has 0 aliphatic heterocycles. The van der Waals surface area contributed by atoms with Crippen LogP contribution in [0.4, 0.5) is 16.3 Å². The maximum atomic E-state index is 13.3. The average molecular weight is 598 g/mol. The standard InChI is InChI=1S/C27H31N7O9/c1-5-33(27(40)42-14-41-22(37)9-8-21(35)36)26(39)18-13-34(29-4)23(16(18)3)24(28)30-19-12-17(7-6-15(19)2)25(38)31-20-10-11-43-32-20/h6-7,10-13,29H,5,8-9,14H2,1-4H3,(H2,28,30)(H,35,36)(H,31,32,38). The van der Waals surface area contributed by atoms with Gasteiger partial charge in [-0.15, -0.1) is 0 Å². The van der Waals surface area contributed by atoms with Crippen molar-refractivity contribution in [1.82, 2.24) is 14.7 Å². The number of imide groups is 1. The van der Waals surface area contributed by atoms with Gasteiger partial charge in [0.15, 0.2) is 5.82 Å². The number of nitrogens with one attached hydrogen (secondary N) is 4. The molecule has 0 bridgehead atoms. The van der Waals surface area contributed by atoms with Crippen LogP contribution in [0, 0.1) is 19.3 Å². The molecule has 0 saturated carbocycles. The molecule has 1 aromatic carbocycles. The highest BCUT2D eigenvalue weighted by molar-refractivity contribution is 6.11. The first-order chi connectivity index (χ1) is 20.5. The number of nitrogens with zero attached hydrogens (tertiary/aromatic N) is 3. The van der Waals surface area contributed by atoms with E-state index in [1.54, 1.807) is 46.0 Å². The molecule has 3 aromatic rings. The van der Waals surface area contributed by atoms with Crippen molar-refractivity contribution in [2.24, 2.45) is 0 Å². The lowest BCUT2D eigenvalue weighted by Crippen LogP contribution is -2.38. The molecular formula is C27H31N7O9. The third kappa shape index (κ3) is 7.96. The fourth-order valence-electron chi connectivity index (χ4n) is 3.86. The number of ether oxygens (including phenoxy) is 2. The molecule has 0 spiro atoms. The summed E-state index contributed by atoms with van der Waals surface area (Å²) in [6.07, 6.45) is 0.817. The summed E-state index contributed by atoms with van der Waals surface area (Å²) in [5, 5.41) is 26.6. The fourth-order valence-corrected chi connectivity index (χ4v) is 3.86. The van der Waals surface area contributed by atoms with Crippen molar-refractivity contribution < 1.29 is 43.1 Å². The van der Waals surface area contributed by atoms with Crippen LogP contribution in [0.2, 0.25) is 0 Å². The van der Waals surface area contributed by atoms with E-state index >= 15 is 0 Å². The number of amidine groups is 1. The summed E-state index contributed by atoms with van der Waals surface area (Å²) in [6.45, 7) is 4.06. The third-order valence-corrected chi connectivity index (χ3v) is 6.13. The SMILES string of the molecule is CCN(C(=O)OCOC(=O)CCC(=O)O)C(=O)c1cn(NC)c(C(=N)Nc2cc(C(=O)Nc3ccon3)ccc2C)c1C. The zero-order valence-corrected chi connectivity index (χ0v) is 23.8. The van der Waals surface area contributed by atoms with Gasteiger partial charge in [-0.25, -0.2) is 9.69 Å². The number of amides is 3. The third-order valence-electron chi connectivity index (χ3n) is 6.13. The first-order valence-electron chi connectivity index (χ1n) is 12.9. The van der Waals surface area contributed by atoms with E-state index in [0.29, 0.717) is 16.8 Å². The van der Waals surface area contributed by atoms with Crippen LogP contribution in [0.15, 0.2) is 41.2 Å². The van der Waals surface area contributed by atoms with Crippen molar-refractivity contribution in [3.8, 4) is 0 Å². The average Bonchev–Trinajstić information content (AvgIpc) is 3.60. The zero-order chi connectivity index (χ0) is 31.7. The lowest BCUT2D eigenvalue weighted by atomic mass is 10.1. The Bertz CT molecular complexity index is 1530. The van der Waals surface area contributed by atoms with Crippen LogP contribution in [-0.2, 0) is 19.1 Å². The van der Waals surface area contributed by atoms with Crippen molar-refractivity contribution in [2.45, 2.75) is 33.6 Å².